The minimum atomic E-state index is -0.350. The van der Waals surface area contributed by atoms with Crippen LogP contribution in [0.15, 0.2) is 84.9 Å². The molecular weight excluding hydrogens is 394 g/mol. The number of nitrogens with zero attached hydrogens (tertiary/aromatic N) is 1. The highest BCUT2D eigenvalue weighted by molar-refractivity contribution is 6.12. The molecule has 0 bridgehead atoms. The van der Waals surface area contributed by atoms with E-state index < -0.39 is 0 Å². The number of aryl methyl sites for hydroxylation is 3. The highest BCUT2D eigenvalue weighted by Gasteiger charge is 2.21. The molecule has 0 aliphatic rings. The largest absolute Gasteiger partial charge is 0.422 e. The molecule has 0 atom stereocenters. The van der Waals surface area contributed by atoms with E-state index in [1.165, 1.54) is 21.9 Å². The fraction of sp³-hybridized carbons (Fsp3) is 0.138. The van der Waals surface area contributed by atoms with Crippen LogP contribution in [-0.2, 0) is 6.54 Å². The maximum Gasteiger partial charge on any atom is 0.343 e. The van der Waals surface area contributed by atoms with Gasteiger partial charge in [-0.2, -0.15) is 0 Å². The number of benzene rings is 4. The maximum atomic E-state index is 13.0. The molecule has 0 aliphatic heterocycles. The van der Waals surface area contributed by atoms with Gasteiger partial charge in [0.2, 0.25) is 0 Å². The van der Waals surface area contributed by atoms with Gasteiger partial charge in [0, 0.05) is 34.5 Å². The van der Waals surface area contributed by atoms with Crippen molar-refractivity contribution < 1.29 is 9.53 Å². The molecule has 0 spiro atoms. The summed E-state index contributed by atoms with van der Waals surface area (Å²) in [6, 6.07) is 28.0. The van der Waals surface area contributed by atoms with E-state index in [1.807, 2.05) is 24.3 Å². The van der Waals surface area contributed by atoms with Crippen LogP contribution in [0, 0.1) is 13.8 Å². The molecule has 0 saturated carbocycles. The number of esters is 1. The van der Waals surface area contributed by atoms with Crippen molar-refractivity contribution in [3.63, 3.8) is 0 Å². The van der Waals surface area contributed by atoms with E-state index >= 15 is 0 Å². The molecule has 32 heavy (non-hydrogen) atoms. The summed E-state index contributed by atoms with van der Waals surface area (Å²) in [4.78, 5) is 13.0. The Balaban J connectivity index is 1.80. The normalized spacial score (nSPS) is 11.2. The van der Waals surface area contributed by atoms with E-state index in [9.17, 15) is 4.79 Å². The van der Waals surface area contributed by atoms with E-state index in [-0.39, 0.29) is 5.97 Å². The Morgan fingerprint density at radius 1 is 0.844 bits per heavy atom. The zero-order valence-electron chi connectivity index (χ0n) is 18.6. The first kappa shape index (κ1) is 20.1. The van der Waals surface area contributed by atoms with Crippen LogP contribution < -0.4 is 4.74 Å². The summed E-state index contributed by atoms with van der Waals surface area (Å²) in [6.45, 7) is 7.18. The molecule has 3 heteroatoms. The van der Waals surface area contributed by atoms with Crippen LogP contribution >= 0.6 is 0 Å². The second kappa shape index (κ2) is 8.01. The molecular formula is C29H25NO2. The van der Waals surface area contributed by atoms with Crippen molar-refractivity contribution in [1.82, 2.24) is 4.57 Å². The number of aromatic nitrogens is 1. The zero-order valence-corrected chi connectivity index (χ0v) is 18.6. The summed E-state index contributed by atoms with van der Waals surface area (Å²) in [5.74, 6) is 0.238. The summed E-state index contributed by atoms with van der Waals surface area (Å²) in [5.41, 5.74) is 7.12. The first-order valence-electron chi connectivity index (χ1n) is 11.0. The van der Waals surface area contributed by atoms with Crippen molar-refractivity contribution in [2.24, 2.45) is 0 Å². The monoisotopic (exact) mass is 419 g/mol. The fourth-order valence-electron chi connectivity index (χ4n) is 4.61. The van der Waals surface area contributed by atoms with Crippen LogP contribution in [0.3, 0.4) is 0 Å². The van der Waals surface area contributed by atoms with Crippen molar-refractivity contribution in [3.8, 4) is 16.9 Å². The predicted octanol–water partition coefficient (Wildman–Crippen LogP) is 7.32. The number of carbonyl (C=O) groups excluding carboxylic acids is 1. The molecule has 3 nitrogen and oxygen atoms in total. The first-order valence-corrected chi connectivity index (χ1v) is 11.0. The van der Waals surface area contributed by atoms with Gasteiger partial charge in [0.05, 0.1) is 11.1 Å². The molecule has 0 aliphatic carbocycles. The van der Waals surface area contributed by atoms with Gasteiger partial charge in [0.15, 0.2) is 0 Å². The van der Waals surface area contributed by atoms with Crippen molar-refractivity contribution in [3.05, 3.63) is 102 Å². The van der Waals surface area contributed by atoms with Crippen LogP contribution in [0.5, 0.6) is 5.75 Å². The van der Waals surface area contributed by atoms with Gasteiger partial charge in [0.1, 0.15) is 5.75 Å². The molecule has 0 N–H and O–H groups in total. The Hall–Kier alpha value is -3.85. The summed E-state index contributed by atoms with van der Waals surface area (Å²) in [5, 5.41) is 2.42. The minimum absolute atomic E-state index is 0.350. The van der Waals surface area contributed by atoms with Crippen molar-refractivity contribution in [2.45, 2.75) is 27.3 Å². The molecule has 5 aromatic rings. The van der Waals surface area contributed by atoms with Gasteiger partial charge in [0.25, 0.3) is 0 Å². The quantitative estimate of drug-likeness (QED) is 0.226. The van der Waals surface area contributed by atoms with Gasteiger partial charge in [-0.1, -0.05) is 66.2 Å². The van der Waals surface area contributed by atoms with E-state index in [4.69, 9.17) is 4.74 Å². The third-order valence-electron chi connectivity index (χ3n) is 6.14. The van der Waals surface area contributed by atoms with Crippen LogP contribution in [-0.4, -0.2) is 10.5 Å². The molecule has 0 unspecified atom stereocenters. The molecule has 0 fully saturated rings. The minimum Gasteiger partial charge on any atom is -0.422 e. The Morgan fingerprint density at radius 2 is 1.53 bits per heavy atom. The van der Waals surface area contributed by atoms with Crippen molar-refractivity contribution in [1.29, 1.82) is 0 Å². The Kier molecular flexibility index (Phi) is 5.02. The number of hydrogen-bond donors (Lipinski definition) is 0. The van der Waals surface area contributed by atoms with Crippen molar-refractivity contribution >= 4 is 27.8 Å². The molecule has 4 aromatic carbocycles. The lowest BCUT2D eigenvalue weighted by Crippen LogP contribution is -2.09. The number of rotatable bonds is 4. The second-order valence-electron chi connectivity index (χ2n) is 8.15. The third-order valence-corrected chi connectivity index (χ3v) is 6.14. The number of hydrogen-bond acceptors (Lipinski definition) is 2. The zero-order chi connectivity index (χ0) is 22.2. The molecule has 5 rings (SSSR count). The Bertz CT molecular complexity index is 1440. The maximum absolute atomic E-state index is 13.0. The smallest absolute Gasteiger partial charge is 0.343 e. The summed E-state index contributed by atoms with van der Waals surface area (Å²) < 4.78 is 8.34. The average molecular weight is 420 g/mol. The van der Waals surface area contributed by atoms with Crippen LogP contribution in [0.1, 0.15) is 28.4 Å². The Labute approximate surface area is 187 Å². The molecule has 0 saturated heterocycles. The Morgan fingerprint density at radius 3 is 2.25 bits per heavy atom. The van der Waals surface area contributed by atoms with Gasteiger partial charge in [-0.25, -0.2) is 4.79 Å². The molecule has 158 valence electrons. The molecule has 0 radical (unpaired) electrons. The number of para-hydroxylation sites is 1. The standard InChI is InChI=1S/C29H25NO2/c1-4-30-24-13-9-8-12-23(24)28-20(3)27(21-16-14-19(2)15-17-21)26(18-25(28)30)32-29(31)22-10-6-5-7-11-22/h5-18H,4H2,1-3H3. The second-order valence-corrected chi connectivity index (χ2v) is 8.15. The lowest BCUT2D eigenvalue weighted by molar-refractivity contribution is 0.0736. The summed E-state index contributed by atoms with van der Waals surface area (Å²) >= 11 is 0. The number of fused-ring (bicyclic) bond motifs is 3. The van der Waals surface area contributed by atoms with E-state index in [1.54, 1.807) is 12.1 Å². The average Bonchev–Trinajstić information content (AvgIpc) is 3.14. The predicted molar refractivity (Wildman–Crippen MR) is 131 cm³/mol. The lowest BCUT2D eigenvalue weighted by Gasteiger charge is -2.16. The third kappa shape index (κ3) is 3.27. The van der Waals surface area contributed by atoms with E-state index in [0.29, 0.717) is 11.3 Å². The SMILES string of the molecule is CCn1c2ccccc2c2c(C)c(-c3ccc(C)cc3)c(OC(=O)c3ccccc3)cc21. The summed E-state index contributed by atoms with van der Waals surface area (Å²) in [6.07, 6.45) is 0. The van der Waals surface area contributed by atoms with Crippen LogP contribution in [0.2, 0.25) is 0 Å². The van der Waals surface area contributed by atoms with Crippen molar-refractivity contribution in [2.75, 3.05) is 0 Å². The van der Waals surface area contributed by atoms with E-state index in [0.717, 1.165) is 28.8 Å². The number of carbonyl (C=O) groups is 1. The van der Waals surface area contributed by atoms with Gasteiger partial charge >= 0.3 is 5.97 Å². The van der Waals surface area contributed by atoms with Gasteiger partial charge in [-0.05, 0) is 50.1 Å². The van der Waals surface area contributed by atoms with Gasteiger partial charge < -0.3 is 9.30 Å². The van der Waals surface area contributed by atoms with E-state index in [2.05, 4.69) is 73.9 Å². The highest BCUT2D eigenvalue weighted by Crippen LogP contribution is 2.42. The van der Waals surface area contributed by atoms with Gasteiger partial charge in [-0.3, -0.25) is 0 Å². The van der Waals surface area contributed by atoms with Gasteiger partial charge in [-0.15, -0.1) is 0 Å². The topological polar surface area (TPSA) is 31.2 Å². The van der Waals surface area contributed by atoms with Crippen LogP contribution in [0.25, 0.3) is 32.9 Å². The molecule has 1 aromatic heterocycles. The first-order chi connectivity index (χ1) is 15.6. The summed E-state index contributed by atoms with van der Waals surface area (Å²) in [7, 11) is 0. The molecule has 1 heterocycles. The fourth-order valence-corrected chi connectivity index (χ4v) is 4.61. The highest BCUT2D eigenvalue weighted by atomic mass is 16.5. The van der Waals surface area contributed by atoms with Crippen LogP contribution in [0.4, 0.5) is 0 Å². The lowest BCUT2D eigenvalue weighted by atomic mass is 9.94. The molecule has 0 amide bonds. The number of ether oxygens (including phenoxy) is 1.